The zero-order valence-electron chi connectivity index (χ0n) is 14.5. The summed E-state index contributed by atoms with van der Waals surface area (Å²) in [6, 6.07) is 0. The second-order valence-corrected chi connectivity index (χ2v) is 15.1. The largest absolute Gasteiger partial charge is 0.0715 e. The molecule has 0 aromatic heterocycles. The molecular formula is C13H32GeO2Si3. The van der Waals surface area contributed by atoms with E-state index in [9.17, 15) is 4.79 Å². The molecule has 112 valence electrons. The summed E-state index contributed by atoms with van der Waals surface area (Å²) in [4.78, 5) is 11.7. The molecule has 6 radical (unpaired) electrons. The number of esters is 1. The first kappa shape index (κ1) is 27.7. The van der Waals surface area contributed by atoms with Crippen molar-refractivity contribution in [2.45, 2.75) is 58.9 Å². The van der Waals surface area contributed by atoms with Gasteiger partial charge in [-0.05, 0) is 0 Å². The van der Waals surface area contributed by atoms with Gasteiger partial charge in [-0.2, -0.15) is 0 Å². The summed E-state index contributed by atoms with van der Waals surface area (Å²) in [7, 11) is 1.71. The topological polar surface area (TPSA) is 26.3 Å². The van der Waals surface area contributed by atoms with Gasteiger partial charge in [-0.15, -0.1) is 0 Å². The van der Waals surface area contributed by atoms with Crippen LogP contribution in [-0.4, -0.2) is 56.0 Å². The van der Waals surface area contributed by atoms with Gasteiger partial charge in [-0.1, -0.05) is 58.9 Å². The molecule has 2 nitrogen and oxygen atoms in total. The van der Waals surface area contributed by atoms with Crippen molar-refractivity contribution >= 4 is 48.9 Å². The third kappa shape index (κ3) is 170. The number of ether oxygens (including phenoxy) is 1. The fraction of sp³-hybridized carbons (Fsp3) is 0.769. The van der Waals surface area contributed by atoms with Crippen LogP contribution in [0.25, 0.3) is 0 Å². The van der Waals surface area contributed by atoms with E-state index in [0.29, 0.717) is 0 Å². The molecule has 0 aromatic carbocycles. The number of carbonyl (C=O) groups is 1. The molecule has 0 saturated heterocycles. The van der Waals surface area contributed by atoms with Crippen molar-refractivity contribution in [2.75, 3.05) is 7.11 Å². The summed E-state index contributed by atoms with van der Waals surface area (Å²) >= 11 is 1.76. The zero-order valence-corrected chi connectivity index (χ0v) is 19.6. The summed E-state index contributed by atoms with van der Waals surface area (Å²) in [6.07, 6.45) is 1.36. The van der Waals surface area contributed by atoms with Gasteiger partial charge in [0.1, 0.15) is 0 Å². The van der Waals surface area contributed by atoms with E-state index in [1.807, 2.05) is 0 Å². The average molecular weight is 377 g/mol. The molecule has 6 heteroatoms. The fourth-order valence-electron chi connectivity index (χ4n) is 0.136. The SMILES string of the molecule is COC(=O)C=[CH][Ge].C[Si](C)C.C[Si](C)C.C[Si](C)C. The zero-order chi connectivity index (χ0) is 16.4. The van der Waals surface area contributed by atoms with Crippen molar-refractivity contribution < 1.29 is 9.53 Å². The molecule has 0 aliphatic rings. The van der Waals surface area contributed by atoms with E-state index in [-0.39, 0.29) is 32.4 Å². The van der Waals surface area contributed by atoms with E-state index < -0.39 is 0 Å². The second-order valence-electron chi connectivity index (χ2n) is 5.36. The fourth-order valence-corrected chi connectivity index (χ4v) is 0.422. The molecule has 0 fully saturated rings. The molecular weight excluding hydrogens is 345 g/mol. The number of carbonyl (C=O) groups excluding carboxylic acids is 1. The van der Waals surface area contributed by atoms with E-state index in [1.54, 1.807) is 21.4 Å². The van der Waals surface area contributed by atoms with Crippen molar-refractivity contribution in [3.8, 4) is 0 Å². The maximum Gasteiger partial charge on any atom is 0.0379 e. The number of methoxy groups -OCH3 is 1. The quantitative estimate of drug-likeness (QED) is 0.393. The Morgan fingerprint density at radius 3 is 1.11 bits per heavy atom. The normalized spacial score (nSPS) is 9.16. The summed E-state index contributed by atoms with van der Waals surface area (Å²) in [5.41, 5.74) is 0. The monoisotopic (exact) mass is 378 g/mol. The molecule has 0 aromatic rings. The molecule has 0 atom stereocenters. The Hall–Kier alpha value is 0.404. The molecule has 0 rings (SSSR count). The Morgan fingerprint density at radius 1 is 0.842 bits per heavy atom. The molecule has 0 bridgehead atoms. The minimum atomic E-state index is -0.303. The summed E-state index contributed by atoms with van der Waals surface area (Å²) < 4.78 is 4.26. The Morgan fingerprint density at radius 2 is 1.05 bits per heavy atom. The first-order valence-electron chi connectivity index (χ1n) is 6.23. The second kappa shape index (κ2) is 23.5. The molecule has 0 spiro atoms. The average Bonchev–Trinajstić information content (AvgIpc) is 2.15. The third-order valence-electron chi connectivity index (χ3n) is 0.421. The van der Waals surface area contributed by atoms with Gasteiger partial charge < -0.3 is 0 Å². The maximum absolute atomic E-state index is 10.1. The van der Waals surface area contributed by atoms with Crippen LogP contribution in [0.5, 0.6) is 0 Å². The summed E-state index contributed by atoms with van der Waals surface area (Å²) in [5.74, 6) is -0.303. The van der Waals surface area contributed by atoms with Crippen LogP contribution >= 0.6 is 0 Å². The smallest absolute Gasteiger partial charge is 0.0379 e. The molecule has 0 amide bonds. The van der Waals surface area contributed by atoms with Crippen LogP contribution in [0.1, 0.15) is 0 Å². The first-order valence-corrected chi connectivity index (χ1v) is 16.4. The predicted molar refractivity (Wildman–Crippen MR) is 96.9 cm³/mol. The van der Waals surface area contributed by atoms with Crippen molar-refractivity contribution in [1.29, 1.82) is 0 Å². The Labute approximate surface area is 135 Å². The van der Waals surface area contributed by atoms with Crippen LogP contribution < -0.4 is 0 Å². The Bertz CT molecular complexity index is 174. The van der Waals surface area contributed by atoms with Gasteiger partial charge in [-0.3, -0.25) is 0 Å². The van der Waals surface area contributed by atoms with E-state index in [0.717, 1.165) is 0 Å². The molecule has 0 unspecified atom stereocenters. The van der Waals surface area contributed by atoms with E-state index in [4.69, 9.17) is 0 Å². The predicted octanol–water partition coefficient (Wildman–Crippen LogP) is 3.95. The number of hydrogen-bond donors (Lipinski definition) is 0. The molecule has 0 heterocycles. The molecule has 19 heavy (non-hydrogen) atoms. The van der Waals surface area contributed by atoms with Crippen molar-refractivity contribution in [3.05, 3.63) is 11.0 Å². The molecule has 0 saturated carbocycles. The van der Waals surface area contributed by atoms with Crippen LogP contribution in [0.3, 0.4) is 0 Å². The van der Waals surface area contributed by atoms with E-state index in [2.05, 4.69) is 63.7 Å². The Balaban J connectivity index is -0.0000000825. The van der Waals surface area contributed by atoms with Gasteiger partial charge in [0.15, 0.2) is 0 Å². The van der Waals surface area contributed by atoms with Crippen LogP contribution in [-0.2, 0) is 9.53 Å². The molecule has 0 N–H and O–H groups in total. The van der Waals surface area contributed by atoms with Crippen LogP contribution in [0.2, 0.25) is 58.9 Å². The van der Waals surface area contributed by atoms with Crippen LogP contribution in [0, 0.1) is 0 Å². The van der Waals surface area contributed by atoms with Crippen molar-refractivity contribution in [1.82, 2.24) is 0 Å². The third-order valence-corrected chi connectivity index (χ3v) is 0.770. The van der Waals surface area contributed by atoms with Gasteiger partial charge in [-0.25, -0.2) is 0 Å². The number of hydrogen-bond acceptors (Lipinski definition) is 2. The van der Waals surface area contributed by atoms with Gasteiger partial charge in [0.2, 0.25) is 0 Å². The van der Waals surface area contributed by atoms with E-state index in [1.165, 1.54) is 13.2 Å². The van der Waals surface area contributed by atoms with Crippen LogP contribution in [0.15, 0.2) is 11.0 Å². The van der Waals surface area contributed by atoms with Crippen molar-refractivity contribution in [2.24, 2.45) is 0 Å². The van der Waals surface area contributed by atoms with Gasteiger partial charge in [0.25, 0.3) is 0 Å². The molecule has 0 aliphatic carbocycles. The maximum atomic E-state index is 10.1. The summed E-state index contributed by atoms with van der Waals surface area (Å²) in [6.45, 7) is 20.4. The minimum absolute atomic E-state index is 0.120. The van der Waals surface area contributed by atoms with Crippen LogP contribution in [0.4, 0.5) is 0 Å². The first-order chi connectivity index (χ1) is 8.50. The minimum Gasteiger partial charge on any atom is -0.0715 e. The van der Waals surface area contributed by atoms with E-state index >= 15 is 0 Å². The Kier molecular flexibility index (Phi) is 34.2. The number of rotatable bonds is 1. The van der Waals surface area contributed by atoms with Gasteiger partial charge >= 0.3 is 50.1 Å². The summed E-state index contributed by atoms with van der Waals surface area (Å²) in [5, 5.41) is 0. The van der Waals surface area contributed by atoms with Gasteiger partial charge in [0, 0.05) is 26.4 Å². The van der Waals surface area contributed by atoms with Crippen molar-refractivity contribution in [3.63, 3.8) is 0 Å². The molecule has 0 aliphatic heterocycles. The standard InChI is InChI=1S/C4H5GeO2.3C3H9Si/c1-7-4(6)2-3-5;3*1-4(2)3/h2-3H,1H3;3*1-3H3. The van der Waals surface area contributed by atoms with Gasteiger partial charge in [0.05, 0.1) is 0 Å².